The van der Waals surface area contributed by atoms with Crippen LogP contribution in [0.4, 0.5) is 5.69 Å². The van der Waals surface area contributed by atoms with Crippen molar-refractivity contribution in [2.45, 2.75) is 31.5 Å². The fourth-order valence-corrected chi connectivity index (χ4v) is 5.30. The molecule has 152 valence electrons. The molecule has 0 amide bonds. The Labute approximate surface area is 173 Å². The molecule has 3 atom stereocenters. The first kappa shape index (κ1) is 19.5. The molecule has 0 bridgehead atoms. The van der Waals surface area contributed by atoms with Gasteiger partial charge in [0.2, 0.25) is 5.75 Å². The van der Waals surface area contributed by atoms with Crippen LogP contribution in [0.25, 0.3) is 0 Å². The number of thioether (sulfide) groups is 1. The van der Waals surface area contributed by atoms with E-state index in [4.69, 9.17) is 14.5 Å². The summed E-state index contributed by atoms with van der Waals surface area (Å²) >= 11 is 1.72. The zero-order valence-electron chi connectivity index (χ0n) is 16.4. The second-order valence-electron chi connectivity index (χ2n) is 6.86. The Balaban J connectivity index is 1.90. The lowest BCUT2D eigenvalue weighted by Gasteiger charge is -2.32. The van der Waals surface area contributed by atoms with E-state index in [1.165, 1.54) is 7.11 Å². The van der Waals surface area contributed by atoms with Crippen molar-refractivity contribution in [2.24, 2.45) is 4.99 Å². The van der Waals surface area contributed by atoms with Gasteiger partial charge in [-0.05, 0) is 18.6 Å². The molecule has 29 heavy (non-hydrogen) atoms. The molecule has 1 fully saturated rings. The van der Waals surface area contributed by atoms with Gasteiger partial charge in [0.1, 0.15) is 11.8 Å². The predicted octanol–water partition coefficient (Wildman–Crippen LogP) is 3.99. The minimum absolute atomic E-state index is 0.0866. The Morgan fingerprint density at radius 2 is 2.07 bits per heavy atom. The number of aromatic nitrogens is 1. The molecule has 1 saturated heterocycles. The third-order valence-corrected chi connectivity index (χ3v) is 6.50. The normalized spacial score (nSPS) is 22.9. The van der Waals surface area contributed by atoms with Gasteiger partial charge < -0.3 is 14.4 Å². The molecular formula is C20H22N4O4S. The lowest BCUT2D eigenvalue weighted by Crippen LogP contribution is -2.35. The Morgan fingerprint density at radius 1 is 1.28 bits per heavy atom. The molecule has 2 aliphatic rings. The summed E-state index contributed by atoms with van der Waals surface area (Å²) in [4.78, 5) is 23.0. The maximum absolute atomic E-state index is 11.7. The van der Waals surface area contributed by atoms with E-state index in [1.54, 1.807) is 37.2 Å². The van der Waals surface area contributed by atoms with Crippen LogP contribution in [0.3, 0.4) is 0 Å². The molecule has 0 aliphatic carbocycles. The summed E-state index contributed by atoms with van der Waals surface area (Å²) in [7, 11) is 2.98. The zero-order chi connectivity index (χ0) is 20.5. The van der Waals surface area contributed by atoms with E-state index in [2.05, 4.69) is 16.8 Å². The third-order valence-electron chi connectivity index (χ3n) is 5.38. The number of methoxy groups -OCH3 is 2. The summed E-state index contributed by atoms with van der Waals surface area (Å²) in [6.07, 6.45) is 2.70. The highest BCUT2D eigenvalue weighted by Crippen LogP contribution is 2.52. The van der Waals surface area contributed by atoms with Gasteiger partial charge in [-0.3, -0.25) is 20.1 Å². The van der Waals surface area contributed by atoms with Crippen molar-refractivity contribution < 1.29 is 14.4 Å². The van der Waals surface area contributed by atoms with E-state index in [-0.39, 0.29) is 23.5 Å². The van der Waals surface area contributed by atoms with Crippen LogP contribution in [0, 0.1) is 10.1 Å². The monoisotopic (exact) mass is 414 g/mol. The smallest absolute Gasteiger partial charge is 0.311 e. The first-order chi connectivity index (χ1) is 14.1. The summed E-state index contributed by atoms with van der Waals surface area (Å²) in [5.41, 5.74) is 1.46. The molecule has 0 saturated carbocycles. The fraction of sp³-hybridized carbons (Fsp3) is 0.400. The molecule has 2 aliphatic heterocycles. The second-order valence-corrected chi connectivity index (χ2v) is 7.85. The van der Waals surface area contributed by atoms with E-state index in [0.717, 1.165) is 28.6 Å². The second kappa shape index (κ2) is 7.90. The number of fused-ring (bicyclic) bond motifs is 1. The van der Waals surface area contributed by atoms with Crippen LogP contribution < -0.4 is 9.47 Å². The van der Waals surface area contributed by atoms with Crippen LogP contribution in [0.2, 0.25) is 0 Å². The van der Waals surface area contributed by atoms with Gasteiger partial charge in [0.15, 0.2) is 5.17 Å². The molecule has 8 nitrogen and oxygen atoms in total. The van der Waals surface area contributed by atoms with Gasteiger partial charge in [0, 0.05) is 35.7 Å². The van der Waals surface area contributed by atoms with Crippen molar-refractivity contribution in [1.82, 2.24) is 9.88 Å². The minimum atomic E-state index is -0.426. The average molecular weight is 414 g/mol. The molecule has 9 heteroatoms. The van der Waals surface area contributed by atoms with Crippen molar-refractivity contribution in [3.8, 4) is 11.5 Å². The van der Waals surface area contributed by atoms with Crippen LogP contribution in [0.15, 0.2) is 41.5 Å². The summed E-state index contributed by atoms with van der Waals surface area (Å²) in [5.74, 6) is 1.66. The van der Waals surface area contributed by atoms with E-state index >= 15 is 0 Å². The highest BCUT2D eigenvalue weighted by molar-refractivity contribution is 8.14. The maximum Gasteiger partial charge on any atom is 0.311 e. The Morgan fingerprint density at radius 3 is 2.69 bits per heavy atom. The van der Waals surface area contributed by atoms with Gasteiger partial charge >= 0.3 is 5.69 Å². The van der Waals surface area contributed by atoms with Gasteiger partial charge in [-0.2, -0.15) is 0 Å². The third kappa shape index (κ3) is 3.29. The number of nitro benzene ring substituents is 1. The first-order valence-electron chi connectivity index (χ1n) is 9.39. The van der Waals surface area contributed by atoms with Crippen molar-refractivity contribution in [3.05, 3.63) is 57.9 Å². The van der Waals surface area contributed by atoms with Gasteiger partial charge in [-0.15, -0.1) is 0 Å². The molecule has 4 rings (SSSR count). The number of benzene rings is 1. The number of ether oxygens (including phenoxy) is 2. The van der Waals surface area contributed by atoms with Gasteiger partial charge in [0.25, 0.3) is 0 Å². The SMILES string of the molecule is CCC1CSC2=NC(c3ccccn3)C(c3cc([N+](=O)[O-])c(OC)cc3OC)N21. The lowest BCUT2D eigenvalue weighted by molar-refractivity contribution is -0.385. The molecule has 2 aromatic rings. The molecule has 1 aromatic carbocycles. The number of hydrogen-bond donors (Lipinski definition) is 0. The number of aliphatic imine (C=N–C) groups is 1. The fourth-order valence-electron chi connectivity index (χ4n) is 3.97. The average Bonchev–Trinajstić information content (AvgIpc) is 3.32. The maximum atomic E-state index is 11.7. The van der Waals surface area contributed by atoms with Gasteiger partial charge in [-0.25, -0.2) is 0 Å². The number of nitro groups is 1. The molecule has 3 unspecified atom stereocenters. The number of rotatable bonds is 6. The van der Waals surface area contributed by atoms with E-state index in [1.807, 2.05) is 18.2 Å². The number of pyridine rings is 1. The summed E-state index contributed by atoms with van der Waals surface area (Å²) in [5, 5.41) is 12.6. The van der Waals surface area contributed by atoms with Gasteiger partial charge in [-0.1, -0.05) is 24.8 Å². The summed E-state index contributed by atoms with van der Waals surface area (Å²) < 4.78 is 10.9. The van der Waals surface area contributed by atoms with Crippen molar-refractivity contribution in [3.63, 3.8) is 0 Å². The highest BCUT2D eigenvalue weighted by Gasteiger charge is 2.47. The minimum Gasteiger partial charge on any atom is -0.496 e. The van der Waals surface area contributed by atoms with E-state index in [9.17, 15) is 10.1 Å². The number of hydrogen-bond acceptors (Lipinski definition) is 8. The van der Waals surface area contributed by atoms with E-state index in [0.29, 0.717) is 11.8 Å². The van der Waals surface area contributed by atoms with Crippen LogP contribution >= 0.6 is 11.8 Å². The molecule has 0 N–H and O–H groups in total. The molecule has 1 aromatic heterocycles. The standard InChI is InChI=1S/C20H22N4O4S/c1-4-12-11-29-20-22-18(14-7-5-6-8-21-14)19(23(12)20)13-9-15(24(25)26)17(28-3)10-16(13)27-2/h5-10,12,18-19H,4,11H2,1-3H3. The first-order valence-corrected chi connectivity index (χ1v) is 10.4. The number of nitrogens with zero attached hydrogens (tertiary/aromatic N) is 4. The zero-order valence-corrected chi connectivity index (χ0v) is 17.3. The quantitative estimate of drug-likeness (QED) is 0.521. The molecule has 3 heterocycles. The summed E-state index contributed by atoms with van der Waals surface area (Å²) in [6.45, 7) is 2.15. The van der Waals surface area contributed by atoms with Crippen molar-refractivity contribution >= 4 is 22.6 Å². The van der Waals surface area contributed by atoms with Crippen LogP contribution in [-0.2, 0) is 0 Å². The van der Waals surface area contributed by atoms with Crippen molar-refractivity contribution in [2.75, 3.05) is 20.0 Å². The predicted molar refractivity (Wildman–Crippen MR) is 112 cm³/mol. The Hall–Kier alpha value is -2.81. The van der Waals surface area contributed by atoms with Crippen LogP contribution in [-0.4, -0.2) is 46.0 Å². The Kier molecular flexibility index (Phi) is 5.31. The largest absolute Gasteiger partial charge is 0.496 e. The molecular weight excluding hydrogens is 392 g/mol. The van der Waals surface area contributed by atoms with Gasteiger partial charge in [0.05, 0.1) is 30.9 Å². The highest BCUT2D eigenvalue weighted by atomic mass is 32.2. The van der Waals surface area contributed by atoms with Crippen LogP contribution in [0.5, 0.6) is 11.5 Å². The van der Waals surface area contributed by atoms with E-state index < -0.39 is 4.92 Å². The molecule has 0 spiro atoms. The molecule has 0 radical (unpaired) electrons. The Bertz CT molecular complexity index is 953. The summed E-state index contributed by atoms with van der Waals surface area (Å²) in [6, 6.07) is 8.68. The topological polar surface area (TPSA) is 90.1 Å². The van der Waals surface area contributed by atoms with Crippen LogP contribution in [0.1, 0.15) is 36.7 Å². The lowest BCUT2D eigenvalue weighted by atomic mass is 9.93. The number of amidine groups is 1. The van der Waals surface area contributed by atoms with Crippen molar-refractivity contribution in [1.29, 1.82) is 0 Å².